The molecule has 3 aliphatic rings. The van der Waals surface area contributed by atoms with Crippen molar-refractivity contribution >= 4 is 23.8 Å². The fourth-order valence-corrected chi connectivity index (χ4v) is 4.09. The molecule has 136 valence electrons. The van der Waals surface area contributed by atoms with E-state index in [0.717, 1.165) is 5.56 Å². The van der Waals surface area contributed by atoms with E-state index in [2.05, 4.69) is 21.3 Å². The van der Waals surface area contributed by atoms with Crippen molar-refractivity contribution in [3.05, 3.63) is 35.4 Å². The van der Waals surface area contributed by atoms with Crippen LogP contribution in [0.2, 0.25) is 0 Å². The largest absolute Gasteiger partial charge is 0.353 e. The number of fused-ring (bicyclic) bond motifs is 1. The van der Waals surface area contributed by atoms with Gasteiger partial charge >= 0.3 is 6.03 Å². The van der Waals surface area contributed by atoms with Crippen molar-refractivity contribution in [2.75, 3.05) is 0 Å². The molecule has 4 rings (SSSR count). The van der Waals surface area contributed by atoms with Gasteiger partial charge in [-0.15, -0.1) is 0 Å². The first-order valence-electron chi connectivity index (χ1n) is 8.80. The van der Waals surface area contributed by atoms with E-state index < -0.39 is 11.6 Å². The van der Waals surface area contributed by atoms with Gasteiger partial charge in [-0.05, 0) is 37.3 Å². The summed E-state index contributed by atoms with van der Waals surface area (Å²) in [6.45, 7) is 0. The molecule has 0 bridgehead atoms. The van der Waals surface area contributed by atoms with Crippen LogP contribution in [0.3, 0.4) is 0 Å². The minimum Gasteiger partial charge on any atom is -0.353 e. The van der Waals surface area contributed by atoms with Crippen LogP contribution in [0.15, 0.2) is 24.3 Å². The number of hydrogen-bond donors (Lipinski definition) is 4. The summed E-state index contributed by atoms with van der Waals surface area (Å²) in [7, 11) is 0. The minimum absolute atomic E-state index is 0.0363. The lowest BCUT2D eigenvalue weighted by molar-refractivity contribution is -0.125. The summed E-state index contributed by atoms with van der Waals surface area (Å²) >= 11 is 0. The Morgan fingerprint density at radius 2 is 1.88 bits per heavy atom. The zero-order valence-corrected chi connectivity index (χ0v) is 14.1. The van der Waals surface area contributed by atoms with Gasteiger partial charge in [0, 0.05) is 11.6 Å². The SMILES string of the molecule is O=C(CC1NC(=O)c2ccccc21)NC1CCC2(CC1)NC(=O)NC2=O. The average molecular weight is 356 g/mol. The lowest BCUT2D eigenvalue weighted by Crippen LogP contribution is -2.52. The minimum atomic E-state index is -0.823. The summed E-state index contributed by atoms with van der Waals surface area (Å²) in [6, 6.07) is 6.47. The highest BCUT2D eigenvalue weighted by molar-refractivity contribution is 6.07. The smallest absolute Gasteiger partial charge is 0.322 e. The van der Waals surface area contributed by atoms with Crippen LogP contribution in [-0.2, 0) is 9.59 Å². The molecular formula is C18H20N4O4. The van der Waals surface area contributed by atoms with Gasteiger partial charge in [-0.25, -0.2) is 4.79 Å². The zero-order chi connectivity index (χ0) is 18.3. The Balaban J connectivity index is 1.32. The molecule has 1 unspecified atom stereocenters. The van der Waals surface area contributed by atoms with Crippen LogP contribution in [0.1, 0.15) is 54.1 Å². The topological polar surface area (TPSA) is 116 Å². The second-order valence-corrected chi connectivity index (χ2v) is 7.15. The third-order valence-corrected chi connectivity index (χ3v) is 5.49. The third-order valence-electron chi connectivity index (χ3n) is 5.49. The Bertz CT molecular complexity index is 798. The van der Waals surface area contributed by atoms with Crippen LogP contribution >= 0.6 is 0 Å². The van der Waals surface area contributed by atoms with Crippen molar-refractivity contribution in [3.63, 3.8) is 0 Å². The molecule has 8 heteroatoms. The number of carbonyl (C=O) groups is 4. The zero-order valence-electron chi connectivity index (χ0n) is 14.1. The molecule has 8 nitrogen and oxygen atoms in total. The second kappa shape index (κ2) is 6.12. The van der Waals surface area contributed by atoms with Crippen LogP contribution in [0, 0.1) is 0 Å². The Kier molecular flexibility index (Phi) is 3.90. The van der Waals surface area contributed by atoms with Crippen molar-refractivity contribution in [1.82, 2.24) is 21.3 Å². The predicted octanol–water partition coefficient (Wildman–Crippen LogP) is 0.498. The van der Waals surface area contributed by atoms with Gasteiger partial charge in [0.05, 0.1) is 12.5 Å². The van der Waals surface area contributed by atoms with E-state index in [-0.39, 0.29) is 36.2 Å². The van der Waals surface area contributed by atoms with E-state index in [1.807, 2.05) is 12.1 Å². The molecule has 1 aromatic rings. The maximum atomic E-state index is 12.4. The maximum Gasteiger partial charge on any atom is 0.322 e. The van der Waals surface area contributed by atoms with E-state index in [0.29, 0.717) is 31.2 Å². The quantitative estimate of drug-likeness (QED) is 0.590. The van der Waals surface area contributed by atoms with Crippen LogP contribution in [0.4, 0.5) is 4.79 Å². The van der Waals surface area contributed by atoms with Crippen molar-refractivity contribution in [2.24, 2.45) is 0 Å². The Hall–Kier alpha value is -2.90. The van der Waals surface area contributed by atoms with E-state index >= 15 is 0 Å². The lowest BCUT2D eigenvalue weighted by atomic mass is 9.79. The fraction of sp³-hybridized carbons (Fsp3) is 0.444. The molecule has 5 amide bonds. The Morgan fingerprint density at radius 3 is 2.58 bits per heavy atom. The molecule has 1 atom stereocenters. The number of hydrogen-bond acceptors (Lipinski definition) is 4. The molecule has 0 radical (unpaired) electrons. The highest BCUT2D eigenvalue weighted by Crippen LogP contribution is 2.31. The number of amides is 5. The van der Waals surface area contributed by atoms with E-state index in [4.69, 9.17) is 0 Å². The monoisotopic (exact) mass is 356 g/mol. The maximum absolute atomic E-state index is 12.4. The van der Waals surface area contributed by atoms with Gasteiger partial charge in [0.15, 0.2) is 0 Å². The van der Waals surface area contributed by atoms with Gasteiger partial charge in [-0.3, -0.25) is 19.7 Å². The normalized spacial score (nSPS) is 29.8. The van der Waals surface area contributed by atoms with Gasteiger partial charge in [0.25, 0.3) is 11.8 Å². The van der Waals surface area contributed by atoms with Gasteiger partial charge in [-0.2, -0.15) is 0 Å². The van der Waals surface area contributed by atoms with Crippen molar-refractivity contribution in [3.8, 4) is 0 Å². The molecule has 26 heavy (non-hydrogen) atoms. The molecule has 0 aromatic heterocycles. The number of carbonyl (C=O) groups excluding carboxylic acids is 4. The number of rotatable bonds is 3. The fourth-order valence-electron chi connectivity index (χ4n) is 4.09. The molecular weight excluding hydrogens is 336 g/mol. The summed E-state index contributed by atoms with van der Waals surface area (Å²) in [5.74, 6) is -0.564. The average Bonchev–Trinajstić information content (AvgIpc) is 3.07. The lowest BCUT2D eigenvalue weighted by Gasteiger charge is -2.35. The summed E-state index contributed by atoms with van der Waals surface area (Å²) in [5, 5.41) is 10.8. The van der Waals surface area contributed by atoms with Crippen LogP contribution in [-0.4, -0.2) is 35.3 Å². The van der Waals surface area contributed by atoms with Gasteiger partial charge in [0.2, 0.25) is 5.91 Å². The summed E-state index contributed by atoms with van der Waals surface area (Å²) < 4.78 is 0. The first kappa shape index (κ1) is 16.6. The standard InChI is InChI=1S/C18H20N4O4/c23-14(9-13-11-3-1-2-4-12(11)15(24)20-13)19-10-5-7-18(8-6-10)16(25)21-17(26)22-18/h1-4,10,13H,5-9H2,(H,19,23)(H,20,24)(H2,21,22,25,26). The molecule has 2 aliphatic heterocycles. The van der Waals surface area contributed by atoms with Crippen molar-refractivity contribution in [1.29, 1.82) is 0 Å². The van der Waals surface area contributed by atoms with Gasteiger partial charge in [0.1, 0.15) is 5.54 Å². The van der Waals surface area contributed by atoms with Gasteiger partial charge in [-0.1, -0.05) is 18.2 Å². The molecule has 4 N–H and O–H groups in total. The number of benzene rings is 1. The van der Waals surface area contributed by atoms with Crippen molar-refractivity contribution < 1.29 is 19.2 Å². The number of imide groups is 1. The molecule has 2 fully saturated rings. The third kappa shape index (κ3) is 2.81. The van der Waals surface area contributed by atoms with Gasteiger partial charge < -0.3 is 16.0 Å². The number of urea groups is 1. The van der Waals surface area contributed by atoms with E-state index in [1.165, 1.54) is 0 Å². The summed E-state index contributed by atoms with van der Waals surface area (Å²) in [4.78, 5) is 47.6. The summed E-state index contributed by atoms with van der Waals surface area (Å²) in [5.41, 5.74) is 0.643. The number of nitrogens with one attached hydrogen (secondary N) is 4. The molecule has 1 spiro atoms. The van der Waals surface area contributed by atoms with E-state index in [1.54, 1.807) is 12.1 Å². The molecule has 1 saturated carbocycles. The van der Waals surface area contributed by atoms with Crippen LogP contribution in [0.5, 0.6) is 0 Å². The Labute approximate surface area is 150 Å². The highest BCUT2D eigenvalue weighted by Gasteiger charge is 2.48. The predicted molar refractivity (Wildman–Crippen MR) is 91.1 cm³/mol. The van der Waals surface area contributed by atoms with E-state index in [9.17, 15) is 19.2 Å². The van der Waals surface area contributed by atoms with Crippen LogP contribution < -0.4 is 21.3 Å². The molecule has 2 heterocycles. The summed E-state index contributed by atoms with van der Waals surface area (Å²) in [6.07, 6.45) is 2.42. The molecule has 1 saturated heterocycles. The molecule has 1 aliphatic carbocycles. The first-order chi connectivity index (χ1) is 12.5. The molecule has 1 aromatic carbocycles. The first-order valence-corrected chi connectivity index (χ1v) is 8.80. The highest BCUT2D eigenvalue weighted by atomic mass is 16.2. The second-order valence-electron chi connectivity index (χ2n) is 7.15. The Morgan fingerprint density at radius 1 is 1.15 bits per heavy atom. The van der Waals surface area contributed by atoms with Crippen molar-refractivity contribution in [2.45, 2.75) is 49.7 Å². The van der Waals surface area contributed by atoms with Crippen LogP contribution in [0.25, 0.3) is 0 Å².